The smallest absolute Gasteiger partial charge is 0.216 e. The highest BCUT2D eigenvalue weighted by Crippen LogP contribution is 2.39. The Morgan fingerprint density at radius 2 is 1.45 bits per heavy atom. The van der Waals surface area contributed by atoms with Crippen molar-refractivity contribution < 1.29 is 4.74 Å². The number of benzene rings is 4. The van der Waals surface area contributed by atoms with Crippen LogP contribution in [0.25, 0.3) is 66.4 Å². The first-order chi connectivity index (χ1) is 26.0. The highest BCUT2D eigenvalue weighted by atomic mass is 16.5. The molecule has 2 aliphatic rings. The Hall–Kier alpha value is -5.75. The van der Waals surface area contributed by atoms with Gasteiger partial charge >= 0.3 is 0 Å². The molecule has 10 rings (SSSR count). The van der Waals surface area contributed by atoms with Crippen LogP contribution in [0.1, 0.15) is 68.6 Å². The summed E-state index contributed by atoms with van der Waals surface area (Å²) in [5, 5.41) is 4.83. The molecule has 1 aliphatic carbocycles. The number of aryl methyl sites for hydroxylation is 1. The zero-order valence-electron chi connectivity index (χ0n) is 30.6. The van der Waals surface area contributed by atoms with Crippen molar-refractivity contribution in [3.05, 3.63) is 132 Å². The predicted molar refractivity (Wildman–Crippen MR) is 218 cm³/mol. The van der Waals surface area contributed by atoms with E-state index in [1.807, 2.05) is 24.5 Å². The van der Waals surface area contributed by atoms with Crippen LogP contribution in [0.3, 0.4) is 0 Å². The molecule has 5 heterocycles. The number of nitrogens with zero attached hydrogens (tertiary/aromatic N) is 5. The Labute approximate surface area is 309 Å². The summed E-state index contributed by atoms with van der Waals surface area (Å²) in [4.78, 5) is 15.0. The number of rotatable bonds is 6. The molecule has 0 N–H and O–H groups in total. The average Bonchev–Trinajstić information content (AvgIpc) is 3.91. The van der Waals surface area contributed by atoms with E-state index in [1.54, 1.807) is 0 Å². The number of aromatic nitrogens is 4. The molecule has 1 fully saturated rings. The molecule has 0 bridgehead atoms. The van der Waals surface area contributed by atoms with Gasteiger partial charge in [0.25, 0.3) is 0 Å². The molecule has 8 aromatic rings. The van der Waals surface area contributed by atoms with Crippen molar-refractivity contribution in [3.63, 3.8) is 0 Å². The van der Waals surface area contributed by atoms with Crippen LogP contribution in [0.15, 0.2) is 121 Å². The van der Waals surface area contributed by atoms with E-state index in [1.165, 1.54) is 59.4 Å². The maximum atomic E-state index is 6.44. The first-order valence-corrected chi connectivity index (χ1v) is 19.2. The molecule has 1 saturated carbocycles. The van der Waals surface area contributed by atoms with Crippen molar-refractivity contribution in [2.75, 3.05) is 6.61 Å². The molecule has 0 amide bonds. The quantitative estimate of drug-likeness (QED) is 0.174. The molecule has 0 radical (unpaired) electrons. The lowest BCUT2D eigenvalue weighted by molar-refractivity contribution is 0.240. The van der Waals surface area contributed by atoms with Gasteiger partial charge in [-0.05, 0) is 116 Å². The molecular weight excluding hydrogens is 651 g/mol. The van der Waals surface area contributed by atoms with Crippen LogP contribution in [-0.2, 0) is 4.74 Å². The van der Waals surface area contributed by atoms with Gasteiger partial charge in [0.1, 0.15) is 12.3 Å². The standard InChI is InChI=1S/C47H43N5O/c1-29(2)32-15-19-44-40(26-32)38-12-9-21-49-46(38)52(44)35-16-17-37-39-22-30(3)14-18-43(39)51(45(37)27-35)36-24-33(41-13-7-8-20-48-41)23-34(25-36)47-50-42(28-53-47)31-10-5-4-6-11-31/h7-9,12-27,29,31,42H,4-6,10-11,28H2,1-3H3/t42-/m0/s1. The molecule has 1 aliphatic heterocycles. The van der Waals surface area contributed by atoms with Crippen LogP contribution in [-0.4, -0.2) is 37.6 Å². The third-order valence-corrected chi connectivity index (χ3v) is 11.6. The minimum atomic E-state index is 0.225. The summed E-state index contributed by atoms with van der Waals surface area (Å²) in [7, 11) is 0. The van der Waals surface area contributed by atoms with E-state index in [0.717, 1.165) is 61.7 Å². The largest absolute Gasteiger partial charge is 0.475 e. The summed E-state index contributed by atoms with van der Waals surface area (Å²) in [5.74, 6) is 1.79. The fraction of sp³-hybridized carbons (Fsp3) is 0.255. The lowest BCUT2D eigenvalue weighted by atomic mass is 9.84. The maximum Gasteiger partial charge on any atom is 0.216 e. The van der Waals surface area contributed by atoms with Gasteiger partial charge in [0.05, 0.1) is 28.3 Å². The molecule has 6 heteroatoms. The lowest BCUT2D eigenvalue weighted by Crippen LogP contribution is -2.22. The third-order valence-electron chi connectivity index (χ3n) is 11.6. The zero-order chi connectivity index (χ0) is 35.6. The first-order valence-electron chi connectivity index (χ1n) is 19.2. The van der Waals surface area contributed by atoms with Crippen molar-refractivity contribution in [2.24, 2.45) is 10.9 Å². The van der Waals surface area contributed by atoms with E-state index in [0.29, 0.717) is 18.4 Å². The molecule has 0 spiro atoms. The minimum Gasteiger partial charge on any atom is -0.475 e. The van der Waals surface area contributed by atoms with Crippen LogP contribution in [0, 0.1) is 12.8 Å². The second kappa shape index (κ2) is 12.7. The van der Waals surface area contributed by atoms with Gasteiger partial charge in [-0.15, -0.1) is 0 Å². The SMILES string of the molecule is Cc1ccc2c(c1)c1ccc(-n3c4ccc(C(C)C)cc4c4cccnc43)cc1n2-c1cc(C2=N[C@H](C3CCCCC3)CO2)cc(-c2ccccn2)c1. The number of hydrogen-bond donors (Lipinski definition) is 0. The highest BCUT2D eigenvalue weighted by Gasteiger charge is 2.30. The van der Waals surface area contributed by atoms with Crippen LogP contribution >= 0.6 is 0 Å². The minimum absolute atomic E-state index is 0.225. The summed E-state index contributed by atoms with van der Waals surface area (Å²) in [6, 6.07) is 37.8. The van der Waals surface area contributed by atoms with Crippen molar-refractivity contribution in [1.82, 2.24) is 19.1 Å². The van der Waals surface area contributed by atoms with Crippen LogP contribution in [0.4, 0.5) is 0 Å². The third kappa shape index (κ3) is 5.42. The second-order valence-corrected chi connectivity index (χ2v) is 15.4. The zero-order valence-corrected chi connectivity index (χ0v) is 30.6. The maximum absolute atomic E-state index is 6.44. The summed E-state index contributed by atoms with van der Waals surface area (Å²) in [6.07, 6.45) is 10.2. The lowest BCUT2D eigenvalue weighted by Gasteiger charge is -2.24. The van der Waals surface area contributed by atoms with E-state index in [2.05, 4.69) is 121 Å². The van der Waals surface area contributed by atoms with Gasteiger partial charge in [0, 0.05) is 56.4 Å². The number of hydrogen-bond acceptors (Lipinski definition) is 4. The molecule has 6 nitrogen and oxygen atoms in total. The van der Waals surface area contributed by atoms with Gasteiger partial charge in [-0.1, -0.05) is 62.9 Å². The van der Waals surface area contributed by atoms with Gasteiger partial charge in [-0.3, -0.25) is 9.55 Å². The van der Waals surface area contributed by atoms with Crippen LogP contribution < -0.4 is 0 Å². The monoisotopic (exact) mass is 693 g/mol. The number of ether oxygens (including phenoxy) is 1. The van der Waals surface area contributed by atoms with E-state index in [-0.39, 0.29) is 6.04 Å². The van der Waals surface area contributed by atoms with E-state index < -0.39 is 0 Å². The Morgan fingerprint density at radius 1 is 0.642 bits per heavy atom. The second-order valence-electron chi connectivity index (χ2n) is 15.4. The fourth-order valence-electron chi connectivity index (χ4n) is 8.88. The van der Waals surface area contributed by atoms with E-state index in [4.69, 9.17) is 19.7 Å². The number of pyridine rings is 2. The van der Waals surface area contributed by atoms with Crippen molar-refractivity contribution in [3.8, 4) is 22.6 Å². The first kappa shape index (κ1) is 31.9. The summed E-state index contributed by atoms with van der Waals surface area (Å²) in [5.41, 5.74) is 12.1. The predicted octanol–water partition coefficient (Wildman–Crippen LogP) is 11.5. The van der Waals surface area contributed by atoms with Gasteiger partial charge in [-0.2, -0.15) is 0 Å². The van der Waals surface area contributed by atoms with Crippen LogP contribution in [0.5, 0.6) is 0 Å². The Balaban J connectivity index is 1.21. The van der Waals surface area contributed by atoms with Crippen molar-refractivity contribution in [1.29, 1.82) is 0 Å². The van der Waals surface area contributed by atoms with Gasteiger partial charge in [0.15, 0.2) is 0 Å². The highest BCUT2D eigenvalue weighted by molar-refractivity contribution is 6.12. The number of fused-ring (bicyclic) bond motifs is 6. The Morgan fingerprint density at radius 3 is 2.30 bits per heavy atom. The summed E-state index contributed by atoms with van der Waals surface area (Å²) < 4.78 is 11.2. The molecule has 0 saturated heterocycles. The van der Waals surface area contributed by atoms with Crippen molar-refractivity contribution in [2.45, 2.75) is 64.8 Å². The molecule has 262 valence electrons. The van der Waals surface area contributed by atoms with Gasteiger partial charge in [-0.25, -0.2) is 9.98 Å². The molecular formula is C47H43N5O. The fourth-order valence-corrected chi connectivity index (χ4v) is 8.88. The molecule has 4 aromatic heterocycles. The Kier molecular flexibility index (Phi) is 7.67. The van der Waals surface area contributed by atoms with E-state index >= 15 is 0 Å². The molecule has 53 heavy (non-hydrogen) atoms. The summed E-state index contributed by atoms with van der Waals surface area (Å²) >= 11 is 0. The van der Waals surface area contributed by atoms with Crippen LogP contribution in [0.2, 0.25) is 0 Å². The normalized spacial score (nSPS) is 16.7. The Bertz CT molecular complexity index is 2710. The van der Waals surface area contributed by atoms with Gasteiger partial charge < -0.3 is 9.30 Å². The van der Waals surface area contributed by atoms with Crippen molar-refractivity contribution >= 4 is 49.6 Å². The molecule has 0 unspecified atom stereocenters. The summed E-state index contributed by atoms with van der Waals surface area (Å²) in [6.45, 7) is 7.33. The van der Waals surface area contributed by atoms with Gasteiger partial charge in [0.2, 0.25) is 5.90 Å². The molecule has 4 aromatic carbocycles. The topological polar surface area (TPSA) is 57.2 Å². The average molecular weight is 694 g/mol. The van der Waals surface area contributed by atoms with E-state index in [9.17, 15) is 0 Å². The number of aliphatic imine (C=N–C) groups is 1. The molecule has 1 atom stereocenters.